The number of rotatable bonds is 4. The summed E-state index contributed by atoms with van der Waals surface area (Å²) in [5.41, 5.74) is 2.57. The van der Waals surface area contributed by atoms with Crippen LogP contribution in [0.15, 0.2) is 53.0 Å². The van der Waals surface area contributed by atoms with Crippen molar-refractivity contribution in [3.63, 3.8) is 0 Å². The van der Waals surface area contributed by atoms with E-state index in [0.717, 1.165) is 21.2 Å². The maximum atomic E-state index is 11.3. The van der Waals surface area contributed by atoms with Crippen molar-refractivity contribution in [3.8, 4) is 6.07 Å². The number of benzene rings is 2. The number of carbonyl (C=O) groups is 1. The van der Waals surface area contributed by atoms with Gasteiger partial charge in [-0.3, -0.25) is 0 Å². The van der Waals surface area contributed by atoms with Gasteiger partial charge in [0.25, 0.3) is 0 Å². The Morgan fingerprint density at radius 2 is 1.96 bits per heavy atom. The van der Waals surface area contributed by atoms with Crippen molar-refractivity contribution in [1.29, 1.82) is 5.26 Å². The quantitative estimate of drug-likeness (QED) is 0.734. The highest BCUT2D eigenvalue weighted by Gasteiger charge is 2.43. The predicted octanol–water partition coefficient (Wildman–Crippen LogP) is 5.15. The molecule has 1 aliphatic heterocycles. The molecule has 1 saturated heterocycles. The fourth-order valence-electron chi connectivity index (χ4n) is 4.11. The molecule has 2 aromatic rings. The Bertz CT molecular complexity index is 869. The number of likely N-dealkylation sites (tertiary alicyclic amines) is 1. The number of halogens is 1. The van der Waals surface area contributed by atoms with E-state index in [4.69, 9.17) is 0 Å². The third kappa shape index (κ3) is 4.01. The first-order valence-corrected chi connectivity index (χ1v) is 9.95. The fourth-order valence-corrected chi connectivity index (χ4v) is 4.53. The zero-order valence-electron chi connectivity index (χ0n) is 15.4. The second kappa shape index (κ2) is 8.14. The van der Waals surface area contributed by atoms with Gasteiger partial charge in [0, 0.05) is 17.6 Å². The topological polar surface area (TPSA) is 64.3 Å². The molecule has 27 heavy (non-hydrogen) atoms. The Hall–Kier alpha value is -2.32. The first-order valence-electron chi connectivity index (χ1n) is 9.16. The highest BCUT2D eigenvalue weighted by molar-refractivity contribution is 9.10. The monoisotopic (exact) mass is 426 g/mol. The molecule has 0 bridgehead atoms. The molecule has 0 aromatic heterocycles. The molecule has 1 fully saturated rings. The smallest absolute Gasteiger partial charge is 0.407 e. The zero-order valence-corrected chi connectivity index (χ0v) is 16.9. The van der Waals surface area contributed by atoms with Crippen LogP contribution in [0.25, 0.3) is 0 Å². The first-order chi connectivity index (χ1) is 13.0. The van der Waals surface area contributed by atoms with Gasteiger partial charge in [-0.1, -0.05) is 64.0 Å². The van der Waals surface area contributed by atoms with Crippen molar-refractivity contribution in [2.24, 2.45) is 5.92 Å². The maximum absolute atomic E-state index is 11.3. The molecule has 2 aromatic carbocycles. The average molecular weight is 427 g/mol. The predicted molar refractivity (Wildman–Crippen MR) is 109 cm³/mol. The van der Waals surface area contributed by atoms with E-state index in [2.05, 4.69) is 34.1 Å². The van der Waals surface area contributed by atoms with Gasteiger partial charge in [-0.15, -0.1) is 0 Å². The number of hydrogen-bond donors (Lipinski definition) is 1. The first kappa shape index (κ1) is 19.4. The van der Waals surface area contributed by atoms with Crippen molar-refractivity contribution < 1.29 is 9.90 Å². The van der Waals surface area contributed by atoms with Gasteiger partial charge in [0.2, 0.25) is 0 Å². The molecule has 1 unspecified atom stereocenters. The number of nitriles is 1. The highest BCUT2D eigenvalue weighted by Crippen LogP contribution is 2.42. The van der Waals surface area contributed by atoms with Gasteiger partial charge in [0.1, 0.15) is 0 Å². The summed E-state index contributed by atoms with van der Waals surface area (Å²) >= 11 is 3.62. The third-order valence-corrected chi connectivity index (χ3v) is 6.40. The molecule has 140 valence electrons. The van der Waals surface area contributed by atoms with E-state index in [9.17, 15) is 15.2 Å². The molecular formula is C22H23BrN2O2. The Morgan fingerprint density at radius 1 is 1.26 bits per heavy atom. The standard InChI is InChI=1S/C22H23BrN2O2/c1-16-5-4-7-19(13-16)22(15-24,14-17-6-2-3-8-20(17)23)18-9-11-25(12-10-18)21(26)27/h2-8,13,18H,9-12,14H2,1H3,(H,26,27). The largest absolute Gasteiger partial charge is 0.465 e. The Balaban J connectivity index is 2.02. The van der Waals surface area contributed by atoms with E-state index >= 15 is 0 Å². The zero-order chi connectivity index (χ0) is 19.4. The number of carboxylic acid groups (broad SMARTS) is 1. The van der Waals surface area contributed by atoms with Crippen LogP contribution in [-0.2, 0) is 11.8 Å². The Kier molecular flexibility index (Phi) is 5.86. The molecule has 0 radical (unpaired) electrons. The molecule has 1 heterocycles. The second-order valence-corrected chi connectivity index (χ2v) is 8.12. The molecule has 0 spiro atoms. The van der Waals surface area contributed by atoms with Crippen LogP contribution >= 0.6 is 15.9 Å². The van der Waals surface area contributed by atoms with Crippen LogP contribution in [-0.4, -0.2) is 29.2 Å². The summed E-state index contributed by atoms with van der Waals surface area (Å²) in [6.07, 6.45) is 1.11. The van der Waals surface area contributed by atoms with Crippen LogP contribution in [0, 0.1) is 24.2 Å². The number of aryl methyl sites for hydroxylation is 1. The summed E-state index contributed by atoms with van der Waals surface area (Å²) in [5, 5.41) is 19.7. The molecule has 1 atom stereocenters. The lowest BCUT2D eigenvalue weighted by Crippen LogP contribution is -2.45. The molecule has 0 aliphatic carbocycles. The average Bonchev–Trinajstić information content (AvgIpc) is 2.68. The number of nitrogens with zero attached hydrogens (tertiary/aromatic N) is 2. The van der Waals surface area contributed by atoms with E-state index in [1.807, 2.05) is 43.3 Å². The van der Waals surface area contributed by atoms with Crippen molar-refractivity contribution in [1.82, 2.24) is 4.90 Å². The summed E-state index contributed by atoms with van der Waals surface area (Å²) in [6.45, 7) is 2.99. The Labute approximate surface area is 168 Å². The summed E-state index contributed by atoms with van der Waals surface area (Å²) in [6, 6.07) is 18.9. The molecule has 4 nitrogen and oxygen atoms in total. The molecular weight excluding hydrogens is 404 g/mol. The second-order valence-electron chi connectivity index (χ2n) is 7.26. The normalized spacial score (nSPS) is 17.1. The number of hydrogen-bond acceptors (Lipinski definition) is 2. The molecule has 3 rings (SSSR count). The van der Waals surface area contributed by atoms with Gasteiger partial charge in [-0.2, -0.15) is 5.26 Å². The van der Waals surface area contributed by atoms with Crippen molar-refractivity contribution in [2.75, 3.05) is 13.1 Å². The van der Waals surface area contributed by atoms with Crippen molar-refractivity contribution >= 4 is 22.0 Å². The lowest BCUT2D eigenvalue weighted by Gasteiger charge is -2.41. The summed E-state index contributed by atoms with van der Waals surface area (Å²) < 4.78 is 1.00. The Morgan fingerprint density at radius 3 is 2.56 bits per heavy atom. The highest BCUT2D eigenvalue weighted by atomic mass is 79.9. The van der Waals surface area contributed by atoms with Crippen LogP contribution in [0.5, 0.6) is 0 Å². The third-order valence-electron chi connectivity index (χ3n) is 5.62. The lowest BCUT2D eigenvalue weighted by molar-refractivity contribution is 0.112. The minimum absolute atomic E-state index is 0.104. The van der Waals surface area contributed by atoms with E-state index in [1.165, 1.54) is 4.90 Å². The van der Waals surface area contributed by atoms with E-state index in [0.29, 0.717) is 32.4 Å². The summed E-state index contributed by atoms with van der Waals surface area (Å²) in [5.74, 6) is 0.104. The summed E-state index contributed by atoms with van der Waals surface area (Å²) in [7, 11) is 0. The van der Waals surface area contributed by atoms with Crippen LogP contribution in [0.1, 0.15) is 29.5 Å². The molecule has 1 N–H and O–H groups in total. The van der Waals surface area contributed by atoms with E-state index in [-0.39, 0.29) is 5.92 Å². The van der Waals surface area contributed by atoms with Crippen molar-refractivity contribution in [2.45, 2.75) is 31.6 Å². The molecule has 0 saturated carbocycles. The SMILES string of the molecule is Cc1cccc(C(C#N)(Cc2ccccc2Br)C2CCN(C(=O)O)CC2)c1. The van der Waals surface area contributed by atoms with Gasteiger partial charge in [0.15, 0.2) is 0 Å². The summed E-state index contributed by atoms with van der Waals surface area (Å²) in [4.78, 5) is 12.7. The van der Waals surface area contributed by atoms with Crippen LogP contribution in [0.2, 0.25) is 0 Å². The van der Waals surface area contributed by atoms with Gasteiger partial charge in [0.05, 0.1) is 11.5 Å². The van der Waals surface area contributed by atoms with E-state index in [1.54, 1.807) is 0 Å². The van der Waals surface area contributed by atoms with Crippen LogP contribution in [0.3, 0.4) is 0 Å². The van der Waals surface area contributed by atoms with Crippen LogP contribution < -0.4 is 0 Å². The van der Waals surface area contributed by atoms with Crippen LogP contribution in [0.4, 0.5) is 4.79 Å². The lowest BCUT2D eigenvalue weighted by atomic mass is 9.64. The van der Waals surface area contributed by atoms with Gasteiger partial charge >= 0.3 is 6.09 Å². The van der Waals surface area contributed by atoms with Gasteiger partial charge in [-0.05, 0) is 49.3 Å². The van der Waals surface area contributed by atoms with Gasteiger partial charge < -0.3 is 10.0 Å². The molecule has 1 amide bonds. The van der Waals surface area contributed by atoms with Crippen molar-refractivity contribution in [3.05, 3.63) is 69.7 Å². The maximum Gasteiger partial charge on any atom is 0.407 e. The minimum Gasteiger partial charge on any atom is -0.465 e. The van der Waals surface area contributed by atoms with Gasteiger partial charge in [-0.25, -0.2) is 4.79 Å². The molecule has 5 heteroatoms. The number of amides is 1. The van der Waals surface area contributed by atoms with E-state index < -0.39 is 11.5 Å². The fraction of sp³-hybridized carbons (Fsp3) is 0.364. The molecule has 1 aliphatic rings. The number of piperidine rings is 1. The minimum atomic E-state index is -0.877.